The molecule has 0 aromatic heterocycles. The van der Waals surface area contributed by atoms with Gasteiger partial charge in [-0.05, 0) is 31.5 Å². The van der Waals surface area contributed by atoms with Gasteiger partial charge in [-0.15, -0.1) is 0 Å². The smallest absolute Gasteiger partial charge is 0.199 e. The van der Waals surface area contributed by atoms with E-state index in [0.29, 0.717) is 38.3 Å². The van der Waals surface area contributed by atoms with Gasteiger partial charge in [0, 0.05) is 43.9 Å². The number of methoxy groups -OCH3 is 1. The molecule has 1 aliphatic carbocycles. The Labute approximate surface area is 205 Å². The van der Waals surface area contributed by atoms with E-state index in [2.05, 4.69) is 4.90 Å². The first kappa shape index (κ1) is 23.4. The van der Waals surface area contributed by atoms with E-state index in [9.17, 15) is 14.0 Å². The highest BCUT2D eigenvalue weighted by Gasteiger charge is 2.59. The Morgan fingerprint density at radius 3 is 2.23 bits per heavy atom. The van der Waals surface area contributed by atoms with E-state index in [1.165, 1.54) is 12.1 Å². The van der Waals surface area contributed by atoms with Crippen molar-refractivity contribution in [3.8, 4) is 5.75 Å². The number of carbonyl (C=O) groups excluding carboxylic acids is 2. The predicted octanol–water partition coefficient (Wildman–Crippen LogP) is 4.54. The highest BCUT2D eigenvalue weighted by molar-refractivity contribution is 6.33. The molecule has 5 rings (SSSR count). The zero-order valence-electron chi connectivity index (χ0n) is 20.3. The number of hydrogen-bond acceptors (Lipinski definition) is 5. The van der Waals surface area contributed by atoms with Gasteiger partial charge in [0.15, 0.2) is 17.1 Å². The first-order valence-corrected chi connectivity index (χ1v) is 11.9. The van der Waals surface area contributed by atoms with E-state index in [1.54, 1.807) is 13.2 Å². The minimum atomic E-state index is -1.54. The number of Topliss-reactive ketones (excluding diaryl/α,β-unsaturated/α-hetero) is 2. The van der Waals surface area contributed by atoms with Crippen LogP contribution in [-0.4, -0.2) is 54.7 Å². The SMILES string of the molecule is COc1ccccc1CN1CCN(C2(c3cc(C)cc(C)c3)C(=O)c3cccc(F)c3C2=O)CC1. The third-order valence-electron chi connectivity index (χ3n) is 7.22. The van der Waals surface area contributed by atoms with Gasteiger partial charge >= 0.3 is 0 Å². The molecule has 1 saturated heterocycles. The molecule has 1 unspecified atom stereocenters. The molecular weight excluding hydrogens is 443 g/mol. The van der Waals surface area contributed by atoms with Gasteiger partial charge < -0.3 is 4.74 Å². The zero-order valence-corrected chi connectivity index (χ0v) is 20.3. The number of ether oxygens (including phenoxy) is 1. The Morgan fingerprint density at radius 1 is 0.886 bits per heavy atom. The normalized spacial score (nSPS) is 20.8. The van der Waals surface area contributed by atoms with Crippen molar-refractivity contribution >= 4 is 11.6 Å². The quantitative estimate of drug-likeness (QED) is 0.510. The van der Waals surface area contributed by atoms with Crippen LogP contribution in [-0.2, 0) is 12.1 Å². The molecule has 0 saturated carbocycles. The van der Waals surface area contributed by atoms with Crippen molar-refractivity contribution in [1.29, 1.82) is 0 Å². The maximum atomic E-state index is 14.9. The van der Waals surface area contributed by atoms with Gasteiger partial charge in [-0.25, -0.2) is 4.39 Å². The van der Waals surface area contributed by atoms with Crippen LogP contribution in [0.25, 0.3) is 0 Å². The highest BCUT2D eigenvalue weighted by Crippen LogP contribution is 2.44. The van der Waals surface area contributed by atoms with Gasteiger partial charge in [-0.1, -0.05) is 59.7 Å². The van der Waals surface area contributed by atoms with Crippen molar-refractivity contribution in [2.45, 2.75) is 25.9 Å². The number of nitrogens with zero attached hydrogens (tertiary/aromatic N) is 2. The van der Waals surface area contributed by atoms with E-state index in [-0.39, 0.29) is 16.9 Å². The molecule has 0 N–H and O–H groups in total. The highest BCUT2D eigenvalue weighted by atomic mass is 19.1. The maximum absolute atomic E-state index is 14.9. The molecule has 0 spiro atoms. The average molecular weight is 473 g/mol. The topological polar surface area (TPSA) is 49.9 Å². The Morgan fingerprint density at radius 2 is 1.57 bits per heavy atom. The summed E-state index contributed by atoms with van der Waals surface area (Å²) >= 11 is 0. The van der Waals surface area contributed by atoms with Crippen LogP contribution in [0.3, 0.4) is 0 Å². The van der Waals surface area contributed by atoms with Gasteiger partial charge in [0.1, 0.15) is 11.6 Å². The summed E-state index contributed by atoms with van der Waals surface area (Å²) in [5, 5.41) is 0. The molecule has 180 valence electrons. The summed E-state index contributed by atoms with van der Waals surface area (Å²) in [7, 11) is 1.67. The standard InChI is InChI=1S/C29H29FN2O3/c1-19-15-20(2)17-22(16-19)29(27(33)23-8-6-9-24(30)26(23)28(29)34)32-13-11-31(12-14-32)18-21-7-4-5-10-25(21)35-3/h4-10,15-17H,11-14,18H2,1-3H3. The van der Waals surface area contributed by atoms with Gasteiger partial charge in [0.05, 0.1) is 12.7 Å². The summed E-state index contributed by atoms with van der Waals surface area (Å²) in [5.41, 5.74) is 2.18. The number of fused-ring (bicyclic) bond motifs is 1. The van der Waals surface area contributed by atoms with Crippen molar-refractivity contribution in [2.75, 3.05) is 33.3 Å². The van der Waals surface area contributed by atoms with Crippen LogP contribution in [0.5, 0.6) is 5.75 Å². The largest absolute Gasteiger partial charge is 0.496 e. The number of benzene rings is 3. The molecule has 3 aromatic carbocycles. The fourth-order valence-corrected chi connectivity index (χ4v) is 5.65. The minimum Gasteiger partial charge on any atom is -0.496 e. The number of ketones is 2. The molecule has 2 aliphatic rings. The van der Waals surface area contributed by atoms with Crippen LogP contribution in [0.15, 0.2) is 60.7 Å². The second kappa shape index (κ2) is 9.02. The third kappa shape index (κ3) is 3.77. The Bertz CT molecular complexity index is 1290. The van der Waals surface area contributed by atoms with E-state index < -0.39 is 17.1 Å². The van der Waals surface area contributed by atoms with Crippen LogP contribution in [0.2, 0.25) is 0 Å². The van der Waals surface area contributed by atoms with Gasteiger partial charge in [-0.3, -0.25) is 19.4 Å². The number of hydrogen-bond donors (Lipinski definition) is 0. The molecule has 35 heavy (non-hydrogen) atoms. The molecule has 6 heteroatoms. The lowest BCUT2D eigenvalue weighted by molar-refractivity contribution is 0.0277. The first-order valence-electron chi connectivity index (χ1n) is 11.9. The number of piperazine rings is 1. The lowest BCUT2D eigenvalue weighted by Gasteiger charge is -2.44. The zero-order chi connectivity index (χ0) is 24.7. The molecule has 1 fully saturated rings. The molecule has 1 atom stereocenters. The van der Waals surface area contributed by atoms with Crippen LogP contribution in [0, 0.1) is 19.7 Å². The summed E-state index contributed by atoms with van der Waals surface area (Å²) in [4.78, 5) is 32.3. The van der Waals surface area contributed by atoms with Crippen molar-refractivity contribution in [2.24, 2.45) is 0 Å². The Balaban J connectivity index is 1.51. The monoisotopic (exact) mass is 472 g/mol. The fraction of sp³-hybridized carbons (Fsp3) is 0.310. The number of para-hydroxylation sites is 1. The van der Waals surface area contributed by atoms with E-state index in [0.717, 1.165) is 22.4 Å². The van der Waals surface area contributed by atoms with Crippen molar-refractivity contribution in [1.82, 2.24) is 9.80 Å². The van der Waals surface area contributed by atoms with Crippen molar-refractivity contribution in [3.05, 3.63) is 99.9 Å². The lowest BCUT2D eigenvalue weighted by Crippen LogP contribution is -2.60. The van der Waals surface area contributed by atoms with Crippen LogP contribution >= 0.6 is 0 Å². The summed E-state index contributed by atoms with van der Waals surface area (Å²) in [5.74, 6) is -0.588. The van der Waals surface area contributed by atoms with E-state index in [1.807, 2.05) is 61.2 Å². The molecule has 3 aromatic rings. The molecule has 0 amide bonds. The molecule has 0 bridgehead atoms. The van der Waals surface area contributed by atoms with Crippen LogP contribution < -0.4 is 4.74 Å². The summed E-state index contributed by atoms with van der Waals surface area (Å²) in [6, 6.07) is 18.1. The third-order valence-corrected chi connectivity index (χ3v) is 7.22. The minimum absolute atomic E-state index is 0.0897. The number of rotatable bonds is 5. The molecule has 5 nitrogen and oxygen atoms in total. The average Bonchev–Trinajstić information content (AvgIpc) is 3.07. The van der Waals surface area contributed by atoms with Gasteiger partial charge in [0.25, 0.3) is 0 Å². The molecular formula is C29H29FN2O3. The summed E-state index contributed by atoms with van der Waals surface area (Å²) in [6.07, 6.45) is 0. The molecule has 0 radical (unpaired) electrons. The van der Waals surface area contributed by atoms with Crippen LogP contribution in [0.4, 0.5) is 4.39 Å². The Kier molecular flexibility index (Phi) is 6.03. The molecule has 1 aliphatic heterocycles. The van der Waals surface area contributed by atoms with E-state index in [4.69, 9.17) is 4.74 Å². The summed E-state index contributed by atoms with van der Waals surface area (Å²) in [6.45, 7) is 6.98. The van der Waals surface area contributed by atoms with E-state index >= 15 is 0 Å². The number of aryl methyl sites for hydroxylation is 2. The van der Waals surface area contributed by atoms with Crippen molar-refractivity contribution in [3.63, 3.8) is 0 Å². The van der Waals surface area contributed by atoms with Gasteiger partial charge in [-0.2, -0.15) is 0 Å². The molecule has 1 heterocycles. The lowest BCUT2D eigenvalue weighted by atomic mass is 9.81. The maximum Gasteiger partial charge on any atom is 0.199 e. The van der Waals surface area contributed by atoms with Crippen LogP contribution in [0.1, 0.15) is 43.0 Å². The second-order valence-corrected chi connectivity index (χ2v) is 9.48. The Hall–Kier alpha value is -3.35. The fourth-order valence-electron chi connectivity index (χ4n) is 5.65. The first-order chi connectivity index (χ1) is 16.9. The number of carbonyl (C=O) groups is 2. The van der Waals surface area contributed by atoms with Gasteiger partial charge in [0.2, 0.25) is 0 Å². The second-order valence-electron chi connectivity index (χ2n) is 9.48. The predicted molar refractivity (Wildman–Crippen MR) is 132 cm³/mol. The van der Waals surface area contributed by atoms with Crippen molar-refractivity contribution < 1.29 is 18.7 Å². The summed E-state index contributed by atoms with van der Waals surface area (Å²) < 4.78 is 20.4. The number of halogens is 1.